The van der Waals surface area contributed by atoms with Crippen LogP contribution in [0.5, 0.6) is 11.5 Å². The van der Waals surface area contributed by atoms with Crippen LogP contribution in [0.25, 0.3) is 0 Å². The highest BCUT2D eigenvalue weighted by Crippen LogP contribution is 2.39. The van der Waals surface area contributed by atoms with Gasteiger partial charge in [0.25, 0.3) is 5.91 Å². The molecule has 10 nitrogen and oxygen atoms in total. The van der Waals surface area contributed by atoms with Gasteiger partial charge in [0, 0.05) is 4.88 Å². The summed E-state index contributed by atoms with van der Waals surface area (Å²) in [6, 6.07) is 5.01. The van der Waals surface area contributed by atoms with Crippen LogP contribution in [0.3, 0.4) is 0 Å². The summed E-state index contributed by atoms with van der Waals surface area (Å²) in [6.45, 7) is 3.79. The van der Waals surface area contributed by atoms with Crippen LogP contribution in [0.15, 0.2) is 22.5 Å². The van der Waals surface area contributed by atoms with Gasteiger partial charge in [-0.25, -0.2) is 4.79 Å². The van der Waals surface area contributed by atoms with Crippen LogP contribution in [0.1, 0.15) is 64.3 Å². The zero-order valence-corrected chi connectivity index (χ0v) is 24.6. The van der Waals surface area contributed by atoms with Crippen molar-refractivity contribution >= 4 is 62.4 Å². The predicted molar refractivity (Wildman–Crippen MR) is 153 cm³/mol. The van der Waals surface area contributed by atoms with E-state index in [1.165, 1.54) is 37.3 Å². The zero-order valence-electron chi connectivity index (χ0n) is 22.1. The van der Waals surface area contributed by atoms with Crippen LogP contribution < -0.4 is 20.1 Å². The zero-order chi connectivity index (χ0) is 27.9. The second-order valence-electron chi connectivity index (χ2n) is 8.61. The van der Waals surface area contributed by atoms with E-state index in [9.17, 15) is 14.4 Å². The number of methoxy groups -OCH3 is 2. The number of nitrogens with one attached hydrogen (secondary N) is 2. The molecule has 1 aliphatic carbocycles. The third-order valence-electron chi connectivity index (χ3n) is 6.06. The van der Waals surface area contributed by atoms with Crippen molar-refractivity contribution in [3.8, 4) is 11.5 Å². The van der Waals surface area contributed by atoms with Gasteiger partial charge in [-0.05, 0) is 57.2 Å². The largest absolute Gasteiger partial charge is 0.493 e. The van der Waals surface area contributed by atoms with Crippen LogP contribution >= 0.6 is 34.4 Å². The van der Waals surface area contributed by atoms with Gasteiger partial charge in [-0.2, -0.15) is 0 Å². The molecule has 0 aliphatic heterocycles. The van der Waals surface area contributed by atoms with Crippen LogP contribution in [-0.2, 0) is 22.4 Å². The second kappa shape index (κ2) is 13.3. The Morgan fingerprint density at radius 2 is 1.85 bits per heavy atom. The Labute approximate surface area is 238 Å². The molecule has 1 atom stereocenters. The summed E-state index contributed by atoms with van der Waals surface area (Å²) in [5, 5.41) is 14.1. The highest BCUT2D eigenvalue weighted by atomic mass is 32.2. The van der Waals surface area contributed by atoms with Gasteiger partial charge in [0.15, 0.2) is 15.8 Å². The van der Waals surface area contributed by atoms with Crippen molar-refractivity contribution in [2.75, 3.05) is 31.5 Å². The fraction of sp³-hybridized carbons (Fsp3) is 0.423. The van der Waals surface area contributed by atoms with E-state index in [-0.39, 0.29) is 17.6 Å². The quantitative estimate of drug-likeness (QED) is 0.137. The maximum absolute atomic E-state index is 13.1. The van der Waals surface area contributed by atoms with Gasteiger partial charge in [0.2, 0.25) is 11.0 Å². The van der Waals surface area contributed by atoms with Crippen molar-refractivity contribution in [2.45, 2.75) is 55.5 Å². The first kappa shape index (κ1) is 28.8. The summed E-state index contributed by atoms with van der Waals surface area (Å²) in [5.74, 6) is -0.330. The Balaban J connectivity index is 1.43. The molecular formula is C26H30N4O6S3. The molecule has 13 heteroatoms. The summed E-state index contributed by atoms with van der Waals surface area (Å²) >= 11 is 3.83. The normalized spacial score (nSPS) is 13.5. The molecule has 0 fully saturated rings. The van der Waals surface area contributed by atoms with Crippen molar-refractivity contribution < 1.29 is 28.6 Å². The maximum atomic E-state index is 13.1. The van der Waals surface area contributed by atoms with Gasteiger partial charge in [-0.3, -0.25) is 14.9 Å². The molecule has 0 saturated heterocycles. The highest BCUT2D eigenvalue weighted by molar-refractivity contribution is 8.02. The first-order chi connectivity index (χ1) is 18.9. The van der Waals surface area contributed by atoms with E-state index in [0.29, 0.717) is 32.0 Å². The highest BCUT2D eigenvalue weighted by Gasteiger charge is 2.28. The molecule has 39 heavy (non-hydrogen) atoms. The smallest absolute Gasteiger partial charge is 0.341 e. The number of thioether (sulfide) groups is 1. The molecule has 2 heterocycles. The maximum Gasteiger partial charge on any atom is 0.341 e. The molecule has 1 aliphatic rings. The van der Waals surface area contributed by atoms with Crippen LogP contribution in [0.2, 0.25) is 0 Å². The van der Waals surface area contributed by atoms with Crippen molar-refractivity contribution in [3.05, 3.63) is 39.8 Å². The Kier molecular flexibility index (Phi) is 9.81. The summed E-state index contributed by atoms with van der Waals surface area (Å²) < 4.78 is 16.4. The van der Waals surface area contributed by atoms with Crippen molar-refractivity contribution in [1.82, 2.24) is 10.2 Å². The summed E-state index contributed by atoms with van der Waals surface area (Å²) in [7, 11) is 2.96. The minimum Gasteiger partial charge on any atom is -0.493 e. The number of para-hydroxylation sites is 1. The minimum atomic E-state index is -0.531. The average molecular weight is 591 g/mol. The fourth-order valence-electron chi connectivity index (χ4n) is 4.21. The number of fused-ring (bicyclic) bond motifs is 1. The van der Waals surface area contributed by atoms with E-state index in [0.717, 1.165) is 53.9 Å². The predicted octanol–water partition coefficient (Wildman–Crippen LogP) is 5.43. The Morgan fingerprint density at radius 1 is 1.05 bits per heavy atom. The SMILES string of the molecule is CCOC(=O)c1c(NC(=O)C(C)Sc2nnc(NC(=O)c3cccc(OC)c3OC)s2)sc2c1CCCCC2. The molecule has 2 aromatic heterocycles. The molecule has 0 saturated carbocycles. The Bertz CT molecular complexity index is 1360. The van der Waals surface area contributed by atoms with Crippen molar-refractivity contribution in [2.24, 2.45) is 0 Å². The fourth-order valence-corrected chi connectivity index (χ4v) is 7.38. The van der Waals surface area contributed by atoms with Crippen LogP contribution in [-0.4, -0.2) is 54.1 Å². The molecule has 3 aromatic rings. The van der Waals surface area contributed by atoms with E-state index in [1.807, 2.05) is 0 Å². The number of aromatic nitrogens is 2. The molecule has 0 bridgehead atoms. The topological polar surface area (TPSA) is 129 Å². The van der Waals surface area contributed by atoms with E-state index in [2.05, 4.69) is 20.8 Å². The average Bonchev–Trinajstić information content (AvgIpc) is 3.43. The van der Waals surface area contributed by atoms with Gasteiger partial charge < -0.3 is 19.5 Å². The number of amides is 2. The number of carbonyl (C=O) groups is 3. The number of nitrogens with zero attached hydrogens (tertiary/aromatic N) is 2. The number of hydrogen-bond acceptors (Lipinski definition) is 11. The standard InChI is InChI=1S/C26H30N4O6S3/c1-5-36-24(33)19-15-10-7-6-8-13-18(15)38-23(19)27-21(31)14(2)37-26-30-29-25(39-26)28-22(32)16-11-9-12-17(34-3)20(16)35-4/h9,11-12,14H,5-8,10,13H2,1-4H3,(H,27,31)(H,28,29,32). The molecule has 0 spiro atoms. The number of thiophene rings is 1. The second-order valence-corrected chi connectivity index (χ2v) is 12.3. The van der Waals surface area contributed by atoms with Gasteiger partial charge in [0.05, 0.1) is 37.2 Å². The molecule has 1 unspecified atom stereocenters. The lowest BCUT2D eigenvalue weighted by molar-refractivity contribution is -0.115. The summed E-state index contributed by atoms with van der Waals surface area (Å²) in [5.41, 5.74) is 1.78. The first-order valence-corrected chi connectivity index (χ1v) is 15.0. The van der Waals surface area contributed by atoms with Crippen LogP contribution in [0, 0.1) is 0 Å². The molecule has 2 amide bonds. The molecule has 4 rings (SSSR count). The van der Waals surface area contributed by atoms with E-state index in [1.54, 1.807) is 32.0 Å². The van der Waals surface area contributed by atoms with Crippen LogP contribution in [0.4, 0.5) is 10.1 Å². The van der Waals surface area contributed by atoms with Gasteiger partial charge in [-0.1, -0.05) is 35.6 Å². The monoisotopic (exact) mass is 590 g/mol. The Hall–Kier alpha value is -3.16. The third kappa shape index (κ3) is 6.71. The number of anilines is 2. The number of benzene rings is 1. The summed E-state index contributed by atoms with van der Waals surface area (Å²) in [4.78, 5) is 39.9. The number of hydrogen-bond donors (Lipinski definition) is 2. The molecule has 2 N–H and O–H groups in total. The number of carbonyl (C=O) groups excluding carboxylic acids is 3. The van der Waals surface area contributed by atoms with Gasteiger partial charge in [0.1, 0.15) is 5.00 Å². The molecule has 0 radical (unpaired) electrons. The van der Waals surface area contributed by atoms with Gasteiger partial charge >= 0.3 is 5.97 Å². The van der Waals surface area contributed by atoms with Gasteiger partial charge in [-0.15, -0.1) is 21.5 Å². The van der Waals surface area contributed by atoms with Crippen molar-refractivity contribution in [1.29, 1.82) is 0 Å². The Morgan fingerprint density at radius 3 is 2.59 bits per heavy atom. The summed E-state index contributed by atoms with van der Waals surface area (Å²) in [6.07, 6.45) is 4.90. The van der Waals surface area contributed by atoms with E-state index >= 15 is 0 Å². The third-order valence-corrected chi connectivity index (χ3v) is 9.29. The molecule has 1 aromatic carbocycles. The van der Waals surface area contributed by atoms with E-state index < -0.39 is 17.1 Å². The minimum absolute atomic E-state index is 0.260. The first-order valence-electron chi connectivity index (χ1n) is 12.5. The lowest BCUT2D eigenvalue weighted by Gasteiger charge is -2.11. The lowest BCUT2D eigenvalue weighted by Crippen LogP contribution is -2.23. The molecule has 208 valence electrons. The van der Waals surface area contributed by atoms with Crippen molar-refractivity contribution in [3.63, 3.8) is 0 Å². The number of aryl methyl sites for hydroxylation is 1. The molecular weight excluding hydrogens is 561 g/mol. The number of ether oxygens (including phenoxy) is 3. The number of esters is 1. The number of rotatable bonds is 10. The van der Waals surface area contributed by atoms with E-state index in [4.69, 9.17) is 14.2 Å². The lowest BCUT2D eigenvalue weighted by atomic mass is 10.1.